The van der Waals surface area contributed by atoms with Gasteiger partial charge in [-0.3, -0.25) is 9.36 Å². The van der Waals surface area contributed by atoms with Crippen LogP contribution in [0.15, 0.2) is 30.9 Å². The molecule has 1 aliphatic heterocycles. The van der Waals surface area contributed by atoms with E-state index in [1.165, 1.54) is 0 Å². The average molecular weight is 371 g/mol. The molecule has 1 saturated heterocycles. The first-order valence-electron chi connectivity index (χ1n) is 8.97. The van der Waals surface area contributed by atoms with Crippen LogP contribution in [0.5, 0.6) is 0 Å². The van der Waals surface area contributed by atoms with Crippen LogP contribution in [0.4, 0.5) is 4.79 Å². The van der Waals surface area contributed by atoms with E-state index in [2.05, 4.69) is 15.3 Å². The Hall–Kier alpha value is -2.90. The van der Waals surface area contributed by atoms with Crippen molar-refractivity contribution in [3.05, 3.63) is 42.1 Å². The normalized spacial score (nSPS) is 17.0. The quantitative estimate of drug-likeness (QED) is 0.894. The highest BCUT2D eigenvalue weighted by atomic mass is 16.6. The Morgan fingerprint density at radius 3 is 2.74 bits per heavy atom. The lowest BCUT2D eigenvalue weighted by Crippen LogP contribution is -2.40. The molecule has 0 radical (unpaired) electrons. The molecule has 3 heterocycles. The minimum Gasteiger partial charge on any atom is -0.444 e. The molecule has 2 aromatic heterocycles. The Bertz CT molecular complexity index is 826. The Labute approximate surface area is 158 Å². The lowest BCUT2D eigenvalue weighted by atomic mass is 10.2. The van der Waals surface area contributed by atoms with E-state index in [1.54, 1.807) is 34.3 Å². The van der Waals surface area contributed by atoms with Gasteiger partial charge in [0.2, 0.25) is 0 Å². The monoisotopic (exact) mass is 371 g/mol. The summed E-state index contributed by atoms with van der Waals surface area (Å²) in [6.07, 6.45) is 5.41. The Morgan fingerprint density at radius 1 is 1.30 bits per heavy atom. The second-order valence-electron chi connectivity index (χ2n) is 7.74. The van der Waals surface area contributed by atoms with Gasteiger partial charge in [0.05, 0.1) is 0 Å². The van der Waals surface area contributed by atoms with Crippen molar-refractivity contribution in [1.82, 2.24) is 24.8 Å². The van der Waals surface area contributed by atoms with Gasteiger partial charge in [0.15, 0.2) is 0 Å². The van der Waals surface area contributed by atoms with Crippen LogP contribution in [0.25, 0.3) is 5.82 Å². The SMILES string of the molecule is Cc1cc(C(=O)N[C@H]2CCN(C(=O)OC(C)(C)C)C2)nc(-n2ccnc2)c1. The third-order valence-electron chi connectivity index (χ3n) is 4.13. The van der Waals surface area contributed by atoms with Gasteiger partial charge in [0.25, 0.3) is 5.91 Å². The number of rotatable bonds is 3. The summed E-state index contributed by atoms with van der Waals surface area (Å²) in [5, 5.41) is 2.97. The highest BCUT2D eigenvalue weighted by Crippen LogP contribution is 2.16. The molecule has 8 nitrogen and oxygen atoms in total. The molecule has 0 aliphatic carbocycles. The molecule has 144 valence electrons. The first kappa shape index (κ1) is 18.9. The number of aryl methyl sites for hydroxylation is 1. The number of aromatic nitrogens is 3. The minimum atomic E-state index is -0.534. The van der Waals surface area contributed by atoms with Gasteiger partial charge < -0.3 is 15.0 Å². The van der Waals surface area contributed by atoms with Crippen LogP contribution in [0, 0.1) is 6.92 Å². The molecule has 0 saturated carbocycles. The molecule has 27 heavy (non-hydrogen) atoms. The lowest BCUT2D eigenvalue weighted by molar-refractivity contribution is 0.0290. The van der Waals surface area contributed by atoms with Crippen LogP contribution in [0.3, 0.4) is 0 Å². The number of likely N-dealkylation sites (tertiary alicyclic amines) is 1. The fourth-order valence-electron chi connectivity index (χ4n) is 2.92. The molecule has 1 aliphatic rings. The maximum atomic E-state index is 12.6. The van der Waals surface area contributed by atoms with Crippen molar-refractivity contribution in [2.45, 2.75) is 45.8 Å². The summed E-state index contributed by atoms with van der Waals surface area (Å²) in [7, 11) is 0. The minimum absolute atomic E-state index is 0.121. The van der Waals surface area contributed by atoms with Crippen LogP contribution in [0.1, 0.15) is 43.2 Å². The number of hydrogen-bond acceptors (Lipinski definition) is 5. The van der Waals surface area contributed by atoms with Gasteiger partial charge in [-0.2, -0.15) is 0 Å². The summed E-state index contributed by atoms with van der Waals surface area (Å²) in [5.41, 5.74) is 0.739. The second-order valence-corrected chi connectivity index (χ2v) is 7.74. The third-order valence-corrected chi connectivity index (χ3v) is 4.13. The van der Waals surface area contributed by atoms with E-state index in [1.807, 2.05) is 33.8 Å². The molecule has 2 aromatic rings. The molecule has 0 bridgehead atoms. The number of imidazole rings is 1. The van der Waals surface area contributed by atoms with E-state index in [9.17, 15) is 9.59 Å². The first-order chi connectivity index (χ1) is 12.7. The van der Waals surface area contributed by atoms with Crippen molar-refractivity contribution >= 4 is 12.0 Å². The van der Waals surface area contributed by atoms with Gasteiger partial charge in [0.1, 0.15) is 23.4 Å². The smallest absolute Gasteiger partial charge is 0.410 e. The fourth-order valence-corrected chi connectivity index (χ4v) is 2.92. The Balaban J connectivity index is 1.64. The van der Waals surface area contributed by atoms with Crippen LogP contribution in [-0.2, 0) is 4.74 Å². The number of hydrogen-bond donors (Lipinski definition) is 1. The van der Waals surface area contributed by atoms with Gasteiger partial charge in [-0.1, -0.05) is 0 Å². The number of carbonyl (C=O) groups is 2. The average Bonchev–Trinajstić information content (AvgIpc) is 3.24. The summed E-state index contributed by atoms with van der Waals surface area (Å²) in [4.78, 5) is 34.9. The Kier molecular flexibility index (Phi) is 5.16. The van der Waals surface area contributed by atoms with Crippen molar-refractivity contribution < 1.29 is 14.3 Å². The molecular formula is C19H25N5O3. The zero-order valence-corrected chi connectivity index (χ0v) is 16.1. The number of pyridine rings is 1. The zero-order valence-electron chi connectivity index (χ0n) is 16.1. The second kappa shape index (κ2) is 7.38. The molecule has 1 N–H and O–H groups in total. The van der Waals surface area contributed by atoms with Gasteiger partial charge in [-0.25, -0.2) is 14.8 Å². The summed E-state index contributed by atoms with van der Waals surface area (Å²) in [5.74, 6) is 0.385. The summed E-state index contributed by atoms with van der Waals surface area (Å²) >= 11 is 0. The molecule has 1 fully saturated rings. The van der Waals surface area contributed by atoms with Crippen molar-refractivity contribution in [3.63, 3.8) is 0 Å². The van der Waals surface area contributed by atoms with Gasteiger partial charge in [-0.15, -0.1) is 0 Å². The summed E-state index contributed by atoms with van der Waals surface area (Å²) in [6, 6.07) is 3.51. The fraction of sp³-hybridized carbons (Fsp3) is 0.474. The zero-order chi connectivity index (χ0) is 19.6. The van der Waals surface area contributed by atoms with E-state index >= 15 is 0 Å². The summed E-state index contributed by atoms with van der Waals surface area (Å²) < 4.78 is 7.14. The predicted molar refractivity (Wildman–Crippen MR) is 99.8 cm³/mol. The first-order valence-corrected chi connectivity index (χ1v) is 8.97. The van der Waals surface area contributed by atoms with Crippen molar-refractivity contribution in [2.24, 2.45) is 0 Å². The van der Waals surface area contributed by atoms with E-state index in [4.69, 9.17) is 4.74 Å². The topological polar surface area (TPSA) is 89.4 Å². The van der Waals surface area contributed by atoms with E-state index in [-0.39, 0.29) is 18.0 Å². The molecule has 1 atom stereocenters. The highest BCUT2D eigenvalue weighted by molar-refractivity contribution is 5.93. The van der Waals surface area contributed by atoms with Gasteiger partial charge >= 0.3 is 6.09 Å². The van der Waals surface area contributed by atoms with E-state index in [0.29, 0.717) is 31.0 Å². The number of amides is 2. The standard InChI is InChI=1S/C19H25N5O3/c1-13-9-15(22-16(10-13)24-8-6-20-12-24)17(25)21-14-5-7-23(11-14)18(26)27-19(2,3)4/h6,8-10,12,14H,5,7,11H2,1-4H3,(H,21,25)/t14-/m0/s1. The lowest BCUT2D eigenvalue weighted by Gasteiger charge is -2.24. The highest BCUT2D eigenvalue weighted by Gasteiger charge is 2.30. The number of ether oxygens (including phenoxy) is 1. The maximum Gasteiger partial charge on any atom is 0.410 e. The van der Waals surface area contributed by atoms with Gasteiger partial charge in [0, 0.05) is 31.5 Å². The van der Waals surface area contributed by atoms with Crippen molar-refractivity contribution in [2.75, 3.05) is 13.1 Å². The van der Waals surface area contributed by atoms with Crippen LogP contribution >= 0.6 is 0 Å². The maximum absolute atomic E-state index is 12.6. The number of nitrogens with zero attached hydrogens (tertiary/aromatic N) is 4. The molecule has 0 unspecified atom stereocenters. The molecule has 0 aromatic carbocycles. The van der Waals surface area contributed by atoms with Gasteiger partial charge in [-0.05, 0) is 51.8 Å². The molecule has 8 heteroatoms. The van der Waals surface area contributed by atoms with Crippen LogP contribution in [0.2, 0.25) is 0 Å². The third kappa shape index (κ3) is 4.84. The number of nitrogens with one attached hydrogen (secondary N) is 1. The largest absolute Gasteiger partial charge is 0.444 e. The van der Waals surface area contributed by atoms with E-state index in [0.717, 1.165) is 5.56 Å². The molecule has 2 amide bonds. The van der Waals surface area contributed by atoms with E-state index < -0.39 is 5.60 Å². The van der Waals surface area contributed by atoms with Crippen molar-refractivity contribution in [1.29, 1.82) is 0 Å². The van der Waals surface area contributed by atoms with Crippen molar-refractivity contribution in [3.8, 4) is 5.82 Å². The molecular weight excluding hydrogens is 346 g/mol. The van der Waals surface area contributed by atoms with Crippen LogP contribution in [-0.4, -0.2) is 56.2 Å². The molecule has 0 spiro atoms. The predicted octanol–water partition coefficient (Wildman–Crippen LogP) is 2.31. The molecule has 3 rings (SSSR count). The Morgan fingerprint density at radius 2 is 2.07 bits per heavy atom. The number of carbonyl (C=O) groups excluding carboxylic acids is 2. The van der Waals surface area contributed by atoms with Crippen LogP contribution < -0.4 is 5.32 Å². The summed E-state index contributed by atoms with van der Waals surface area (Å²) in [6.45, 7) is 8.41.